The average molecular weight is 328 g/mol. The summed E-state index contributed by atoms with van der Waals surface area (Å²) in [7, 11) is 0. The second kappa shape index (κ2) is 6.85. The Morgan fingerprint density at radius 3 is 2.73 bits per heavy atom. The minimum atomic E-state index is 0.0327. The van der Waals surface area contributed by atoms with Gasteiger partial charge >= 0.3 is 0 Å². The van der Waals surface area contributed by atoms with Crippen molar-refractivity contribution in [3.63, 3.8) is 0 Å². The minimum absolute atomic E-state index is 0.0327. The highest BCUT2D eigenvalue weighted by Crippen LogP contribution is 2.31. The molecule has 0 fully saturated rings. The Morgan fingerprint density at radius 1 is 1.18 bits per heavy atom. The molecular weight excluding hydrogens is 312 g/mol. The monoisotopic (exact) mass is 328 g/mol. The third-order valence-electron chi connectivity index (χ3n) is 3.21. The summed E-state index contributed by atoms with van der Waals surface area (Å²) in [5.41, 5.74) is 2.06. The number of aromatic nitrogens is 1. The number of nitrogens with one attached hydrogen (secondary N) is 1. The first kappa shape index (κ1) is 14.9. The van der Waals surface area contributed by atoms with Gasteiger partial charge in [-0.05, 0) is 23.9 Å². The van der Waals surface area contributed by atoms with Crippen LogP contribution in [0.15, 0.2) is 47.8 Å². The van der Waals surface area contributed by atoms with Crippen molar-refractivity contribution in [1.29, 1.82) is 0 Å². The molecule has 1 N–H and O–H groups in total. The van der Waals surface area contributed by atoms with Crippen molar-refractivity contribution >= 4 is 28.6 Å². The summed E-state index contributed by atoms with van der Waals surface area (Å²) in [6.45, 7) is 2.54. The predicted molar refractivity (Wildman–Crippen MR) is 92.2 cm³/mol. The summed E-state index contributed by atoms with van der Waals surface area (Å²) >= 11 is 3.25. The Morgan fingerprint density at radius 2 is 2.00 bits per heavy atom. The molecule has 0 spiro atoms. The molecule has 1 amide bonds. The molecule has 0 aliphatic rings. The van der Waals surface area contributed by atoms with Gasteiger partial charge in [-0.1, -0.05) is 36.4 Å². The number of benzene rings is 1. The molecule has 5 heteroatoms. The van der Waals surface area contributed by atoms with E-state index in [1.54, 1.807) is 22.7 Å². The van der Waals surface area contributed by atoms with Crippen LogP contribution < -0.4 is 5.32 Å². The predicted octanol–water partition coefficient (Wildman–Crippen LogP) is 4.04. The summed E-state index contributed by atoms with van der Waals surface area (Å²) in [5, 5.41) is 6.00. The molecule has 3 nitrogen and oxygen atoms in total. The number of thiazole rings is 1. The van der Waals surface area contributed by atoms with Gasteiger partial charge in [0.25, 0.3) is 0 Å². The molecule has 3 rings (SSSR count). The van der Waals surface area contributed by atoms with Crippen LogP contribution >= 0.6 is 22.7 Å². The van der Waals surface area contributed by atoms with Gasteiger partial charge in [-0.2, -0.15) is 0 Å². The van der Waals surface area contributed by atoms with Crippen LogP contribution in [0.3, 0.4) is 0 Å². The summed E-state index contributed by atoms with van der Waals surface area (Å²) in [5.74, 6) is 0.0327. The Bertz CT molecular complexity index is 748. The lowest BCUT2D eigenvalue weighted by Gasteiger charge is -2.05. The zero-order valence-corrected chi connectivity index (χ0v) is 13.8. The molecule has 0 aliphatic heterocycles. The van der Waals surface area contributed by atoms with E-state index in [0.717, 1.165) is 26.0 Å². The van der Waals surface area contributed by atoms with Gasteiger partial charge in [0.2, 0.25) is 5.91 Å². The van der Waals surface area contributed by atoms with Gasteiger partial charge in [0.15, 0.2) is 0 Å². The number of amides is 1. The van der Waals surface area contributed by atoms with Crippen LogP contribution in [0.2, 0.25) is 0 Å². The standard InChI is InChI=1S/C17H16N2OS2/c1-12-19-17(14-8-5-9-21-14)15(22-12)10-16(20)18-11-13-6-3-2-4-7-13/h2-9H,10-11H2,1H3,(H,18,20). The number of nitrogens with zero attached hydrogens (tertiary/aromatic N) is 1. The normalized spacial score (nSPS) is 10.6. The first-order chi connectivity index (χ1) is 10.7. The molecule has 112 valence electrons. The van der Waals surface area contributed by atoms with E-state index in [1.807, 2.05) is 54.8 Å². The molecule has 22 heavy (non-hydrogen) atoms. The lowest BCUT2D eigenvalue weighted by atomic mass is 10.2. The SMILES string of the molecule is Cc1nc(-c2cccs2)c(CC(=O)NCc2ccccc2)s1. The third-order valence-corrected chi connectivity index (χ3v) is 5.06. The maximum Gasteiger partial charge on any atom is 0.225 e. The average Bonchev–Trinajstić information content (AvgIpc) is 3.16. The fourth-order valence-electron chi connectivity index (χ4n) is 2.20. The fourth-order valence-corrected chi connectivity index (χ4v) is 3.95. The molecule has 3 aromatic rings. The zero-order chi connectivity index (χ0) is 15.4. The molecule has 0 saturated heterocycles. The Labute approximate surface area is 137 Å². The van der Waals surface area contributed by atoms with Crippen molar-refractivity contribution in [2.75, 3.05) is 0 Å². The number of rotatable bonds is 5. The maximum absolute atomic E-state index is 12.2. The Hall–Kier alpha value is -1.98. The van der Waals surface area contributed by atoms with Crippen molar-refractivity contribution < 1.29 is 4.79 Å². The van der Waals surface area contributed by atoms with Gasteiger partial charge in [-0.3, -0.25) is 4.79 Å². The highest BCUT2D eigenvalue weighted by Gasteiger charge is 2.15. The molecule has 0 aliphatic carbocycles. The van der Waals surface area contributed by atoms with Crippen LogP contribution in [0.4, 0.5) is 0 Å². The van der Waals surface area contributed by atoms with Crippen LogP contribution in [-0.2, 0) is 17.8 Å². The number of thiophene rings is 1. The van der Waals surface area contributed by atoms with Gasteiger partial charge in [0.05, 0.1) is 22.0 Å². The highest BCUT2D eigenvalue weighted by atomic mass is 32.1. The van der Waals surface area contributed by atoms with Gasteiger partial charge in [0.1, 0.15) is 0 Å². The van der Waals surface area contributed by atoms with Gasteiger partial charge in [-0.25, -0.2) is 4.98 Å². The highest BCUT2D eigenvalue weighted by molar-refractivity contribution is 7.15. The molecule has 2 heterocycles. The number of carbonyl (C=O) groups excluding carboxylic acids is 1. The quantitative estimate of drug-likeness (QED) is 0.768. The molecular formula is C17H16N2OS2. The smallest absolute Gasteiger partial charge is 0.225 e. The Kier molecular flexibility index (Phi) is 4.65. The second-order valence-corrected chi connectivity index (χ2v) is 7.16. The Balaban J connectivity index is 1.67. The van der Waals surface area contributed by atoms with Crippen molar-refractivity contribution in [3.05, 3.63) is 63.3 Å². The molecule has 0 atom stereocenters. The van der Waals surface area contributed by atoms with Crippen molar-refractivity contribution in [3.8, 4) is 10.6 Å². The van der Waals surface area contributed by atoms with E-state index in [-0.39, 0.29) is 5.91 Å². The van der Waals surface area contributed by atoms with Crippen LogP contribution in [0.1, 0.15) is 15.4 Å². The lowest BCUT2D eigenvalue weighted by Crippen LogP contribution is -2.24. The first-order valence-electron chi connectivity index (χ1n) is 7.03. The van der Waals surface area contributed by atoms with E-state index in [0.29, 0.717) is 13.0 Å². The molecule has 2 aromatic heterocycles. The topological polar surface area (TPSA) is 42.0 Å². The maximum atomic E-state index is 12.2. The van der Waals surface area contributed by atoms with E-state index in [2.05, 4.69) is 10.3 Å². The lowest BCUT2D eigenvalue weighted by molar-refractivity contribution is -0.120. The van der Waals surface area contributed by atoms with E-state index < -0.39 is 0 Å². The van der Waals surface area contributed by atoms with E-state index in [9.17, 15) is 4.79 Å². The molecule has 0 saturated carbocycles. The first-order valence-corrected chi connectivity index (χ1v) is 8.73. The van der Waals surface area contributed by atoms with Crippen molar-refractivity contribution in [2.45, 2.75) is 19.9 Å². The van der Waals surface area contributed by atoms with Gasteiger partial charge in [-0.15, -0.1) is 22.7 Å². The fraction of sp³-hybridized carbons (Fsp3) is 0.176. The zero-order valence-electron chi connectivity index (χ0n) is 12.2. The van der Waals surface area contributed by atoms with Crippen LogP contribution in [0, 0.1) is 6.92 Å². The molecule has 0 unspecified atom stereocenters. The van der Waals surface area contributed by atoms with Gasteiger partial charge < -0.3 is 5.32 Å². The summed E-state index contributed by atoms with van der Waals surface area (Å²) in [6.07, 6.45) is 0.381. The van der Waals surface area contributed by atoms with Crippen molar-refractivity contribution in [2.24, 2.45) is 0 Å². The largest absolute Gasteiger partial charge is 0.352 e. The summed E-state index contributed by atoms with van der Waals surface area (Å²) < 4.78 is 0. The van der Waals surface area contributed by atoms with E-state index in [1.165, 1.54) is 0 Å². The van der Waals surface area contributed by atoms with E-state index in [4.69, 9.17) is 0 Å². The number of hydrogen-bond donors (Lipinski definition) is 1. The number of hydrogen-bond acceptors (Lipinski definition) is 4. The molecule has 0 radical (unpaired) electrons. The van der Waals surface area contributed by atoms with E-state index >= 15 is 0 Å². The van der Waals surface area contributed by atoms with Gasteiger partial charge in [0, 0.05) is 11.4 Å². The molecule has 1 aromatic carbocycles. The molecule has 0 bridgehead atoms. The van der Waals surface area contributed by atoms with Crippen LogP contribution in [0.25, 0.3) is 10.6 Å². The summed E-state index contributed by atoms with van der Waals surface area (Å²) in [6, 6.07) is 14.0. The second-order valence-electron chi connectivity index (χ2n) is 4.92. The number of aryl methyl sites for hydroxylation is 1. The third kappa shape index (κ3) is 3.61. The van der Waals surface area contributed by atoms with Crippen LogP contribution in [0.5, 0.6) is 0 Å². The summed E-state index contributed by atoms with van der Waals surface area (Å²) in [4.78, 5) is 18.9. The van der Waals surface area contributed by atoms with Crippen LogP contribution in [-0.4, -0.2) is 10.9 Å². The number of carbonyl (C=O) groups is 1. The van der Waals surface area contributed by atoms with Crippen molar-refractivity contribution in [1.82, 2.24) is 10.3 Å². The minimum Gasteiger partial charge on any atom is -0.352 e.